The van der Waals surface area contributed by atoms with Crippen molar-refractivity contribution in [3.05, 3.63) is 35.4 Å². The molecule has 1 aromatic rings. The van der Waals surface area contributed by atoms with E-state index >= 15 is 0 Å². The Balaban J connectivity index is 0. The van der Waals surface area contributed by atoms with Crippen LogP contribution in [0.4, 0.5) is 0 Å². The molecule has 2 N–H and O–H groups in total. The molecule has 0 amide bonds. The van der Waals surface area contributed by atoms with Crippen molar-refractivity contribution < 1.29 is 61.7 Å². The van der Waals surface area contributed by atoms with E-state index in [2.05, 4.69) is 31.8 Å². The molecule has 0 aliphatic carbocycles. The van der Waals surface area contributed by atoms with Crippen LogP contribution in [0.25, 0.3) is 0 Å². The summed E-state index contributed by atoms with van der Waals surface area (Å²) in [6, 6.07) is 6.78. The van der Waals surface area contributed by atoms with Crippen LogP contribution >= 0.6 is 10.8 Å². The number of carbonyl (C=O) groups is 3. The molecule has 245 valence electrons. The smallest absolute Gasteiger partial charge is 0.324 e. The van der Waals surface area contributed by atoms with E-state index in [-0.39, 0.29) is 50.8 Å². The van der Waals surface area contributed by atoms with Gasteiger partial charge in [0.1, 0.15) is 17.9 Å². The van der Waals surface area contributed by atoms with Gasteiger partial charge in [-0.1, -0.05) is 52.8 Å². The number of carboxylic acids is 1. The van der Waals surface area contributed by atoms with Crippen LogP contribution in [0.2, 0.25) is 0 Å². The Hall–Kier alpha value is -0.0961. The standard InChI is InChI=1S/C31H51NO6S2.CH4S.Y/c1-21(26(34)35)18-32-25(27(36)38-30(7,8)14-15-37-28(2,3)4)31(9,10)29(5,6)17-24(20-40-39)23-13-11-12-22(16-23)19-33;1-2;/h11-13,16,19,21,24-25,32,39H,14-15,17-18,20H2,1-10H3,(H,34,35);2H,1H3;/p-2. The van der Waals surface area contributed by atoms with Crippen molar-refractivity contribution in [1.82, 2.24) is 5.32 Å². The maximum Gasteiger partial charge on any atom is 0.324 e. The number of hydrogen-bond acceptors (Lipinski definition) is 9. The molecule has 3 unspecified atom stereocenters. The zero-order valence-corrected chi connectivity index (χ0v) is 33.2. The number of hydrogen-bond donors (Lipinski definition) is 2. The number of rotatable bonds is 17. The van der Waals surface area contributed by atoms with Gasteiger partial charge in [-0.3, -0.25) is 14.4 Å². The van der Waals surface area contributed by atoms with Gasteiger partial charge in [0.2, 0.25) is 0 Å². The summed E-state index contributed by atoms with van der Waals surface area (Å²) >= 11 is 9.36. The van der Waals surface area contributed by atoms with Gasteiger partial charge >= 0.3 is 11.9 Å². The van der Waals surface area contributed by atoms with E-state index < -0.39 is 40.3 Å². The Kier molecular flexibility index (Phi) is 21.2. The first-order chi connectivity index (χ1) is 19.3. The van der Waals surface area contributed by atoms with Gasteiger partial charge in [0.05, 0.1) is 18.1 Å². The number of esters is 1. The molecule has 3 atom stereocenters. The second kappa shape index (κ2) is 20.2. The predicted molar refractivity (Wildman–Crippen MR) is 179 cm³/mol. The fraction of sp³-hybridized carbons (Fsp3) is 0.719. The van der Waals surface area contributed by atoms with Crippen LogP contribution in [0.5, 0.6) is 0 Å². The molecule has 0 aliphatic heterocycles. The molecule has 1 aromatic carbocycles. The molecular weight excluding hydrogens is 679 g/mol. The molecule has 43 heavy (non-hydrogen) atoms. The van der Waals surface area contributed by atoms with Crippen molar-refractivity contribution in [2.75, 3.05) is 25.2 Å². The second-order valence-corrected chi connectivity index (χ2v) is 14.8. The third kappa shape index (κ3) is 15.8. The number of carbonyl (C=O) groups excluding carboxylic acids is 2. The van der Waals surface area contributed by atoms with Crippen LogP contribution in [0.15, 0.2) is 24.3 Å². The third-order valence-electron chi connectivity index (χ3n) is 7.91. The molecule has 0 aliphatic rings. The predicted octanol–water partition coefficient (Wildman–Crippen LogP) is 6.59. The van der Waals surface area contributed by atoms with Crippen molar-refractivity contribution in [1.29, 1.82) is 0 Å². The SMILES string of the molecule is CC(CNC(C(=O)OC(C)(C)CCOC(C)(C)C)C(C)(C)C(C)(C)CC(CS[S-])c1cccc(C=O)c1)C(=O)O.C[S-].[Y]. The summed E-state index contributed by atoms with van der Waals surface area (Å²) in [7, 11) is 1.33. The molecule has 0 bridgehead atoms. The Labute approximate surface area is 300 Å². The molecule has 1 rings (SSSR count). The van der Waals surface area contributed by atoms with Crippen LogP contribution in [0.3, 0.4) is 0 Å². The molecule has 0 spiro atoms. The van der Waals surface area contributed by atoms with Crippen LogP contribution in [-0.4, -0.2) is 65.7 Å². The molecule has 0 aromatic heterocycles. The summed E-state index contributed by atoms with van der Waals surface area (Å²) < 4.78 is 11.9. The van der Waals surface area contributed by atoms with E-state index in [1.165, 1.54) is 10.8 Å². The normalized spacial score (nSPS) is 14.3. The van der Waals surface area contributed by atoms with E-state index in [1.807, 2.05) is 66.7 Å². The summed E-state index contributed by atoms with van der Waals surface area (Å²) in [6.07, 6.45) is 3.63. The largest absolute Gasteiger partial charge is 0.796 e. The van der Waals surface area contributed by atoms with Gasteiger partial charge < -0.3 is 55.0 Å². The van der Waals surface area contributed by atoms with Crippen molar-refractivity contribution >= 4 is 53.3 Å². The quantitative estimate of drug-likeness (QED) is 0.0790. The molecule has 1 radical (unpaired) electrons. The first-order valence-corrected chi connectivity index (χ1v) is 17.0. The van der Waals surface area contributed by atoms with Gasteiger partial charge in [-0.15, -0.1) is 0 Å². The average molecular weight is 733 g/mol. The summed E-state index contributed by atoms with van der Waals surface area (Å²) in [5.41, 5.74) is -0.531. The molecular formula is C32H53NO6S3Y-2. The number of ether oxygens (including phenoxy) is 2. The van der Waals surface area contributed by atoms with Gasteiger partial charge in [-0.05, 0) is 75.2 Å². The average Bonchev–Trinajstić information content (AvgIpc) is 2.87. The van der Waals surface area contributed by atoms with Crippen molar-refractivity contribution in [3.63, 3.8) is 0 Å². The van der Waals surface area contributed by atoms with E-state index in [9.17, 15) is 19.5 Å². The van der Waals surface area contributed by atoms with Crippen molar-refractivity contribution in [2.45, 2.75) is 105 Å². The summed E-state index contributed by atoms with van der Waals surface area (Å²) in [4.78, 5) is 36.8. The fourth-order valence-corrected chi connectivity index (χ4v) is 5.48. The Morgan fingerprint density at radius 3 is 2.14 bits per heavy atom. The number of aliphatic carboxylic acids is 1. The first-order valence-electron chi connectivity index (χ1n) is 14.3. The van der Waals surface area contributed by atoms with Gasteiger partial charge in [0, 0.05) is 51.2 Å². The molecule has 7 nitrogen and oxygen atoms in total. The third-order valence-corrected chi connectivity index (χ3v) is 8.86. The Bertz CT molecular complexity index is 998. The number of aldehydes is 1. The van der Waals surface area contributed by atoms with Gasteiger partial charge in [-0.2, -0.15) is 6.26 Å². The van der Waals surface area contributed by atoms with Crippen LogP contribution < -0.4 is 5.32 Å². The summed E-state index contributed by atoms with van der Waals surface area (Å²) in [5, 5.41) is 12.7. The Morgan fingerprint density at radius 2 is 1.65 bits per heavy atom. The minimum Gasteiger partial charge on any atom is -0.796 e. The number of carboxylic acid groups (broad SMARTS) is 1. The minimum absolute atomic E-state index is 0. The van der Waals surface area contributed by atoms with Gasteiger partial charge in [0.25, 0.3) is 0 Å². The first kappa shape index (κ1) is 45.0. The van der Waals surface area contributed by atoms with Gasteiger partial charge in [0.15, 0.2) is 0 Å². The monoisotopic (exact) mass is 732 g/mol. The zero-order valence-electron chi connectivity index (χ0n) is 27.9. The minimum atomic E-state index is -0.936. The molecule has 0 saturated heterocycles. The van der Waals surface area contributed by atoms with E-state index in [0.717, 1.165) is 11.8 Å². The van der Waals surface area contributed by atoms with E-state index in [0.29, 0.717) is 30.8 Å². The second-order valence-electron chi connectivity index (χ2n) is 13.6. The van der Waals surface area contributed by atoms with Crippen molar-refractivity contribution in [2.24, 2.45) is 16.7 Å². The fourth-order valence-electron chi connectivity index (χ4n) is 4.51. The van der Waals surface area contributed by atoms with Crippen LogP contribution in [0.1, 0.15) is 104 Å². The number of benzene rings is 1. The van der Waals surface area contributed by atoms with Gasteiger partial charge in [-0.25, -0.2) is 0 Å². The summed E-state index contributed by atoms with van der Waals surface area (Å²) in [5.74, 6) is -1.31. The van der Waals surface area contributed by atoms with Crippen LogP contribution in [0, 0.1) is 16.7 Å². The maximum absolute atomic E-state index is 13.8. The van der Waals surface area contributed by atoms with E-state index in [4.69, 9.17) is 21.1 Å². The Morgan fingerprint density at radius 1 is 1.07 bits per heavy atom. The molecule has 11 heteroatoms. The maximum atomic E-state index is 13.8. The van der Waals surface area contributed by atoms with Crippen LogP contribution in [-0.2, 0) is 76.1 Å². The topological polar surface area (TPSA) is 102 Å². The zero-order chi connectivity index (χ0) is 32.9. The van der Waals surface area contributed by atoms with E-state index in [1.54, 1.807) is 19.2 Å². The molecule has 0 saturated carbocycles. The molecule has 0 fully saturated rings. The van der Waals surface area contributed by atoms with Crippen molar-refractivity contribution in [3.8, 4) is 0 Å². The number of nitrogens with one attached hydrogen (secondary N) is 1. The molecule has 0 heterocycles. The summed E-state index contributed by atoms with van der Waals surface area (Å²) in [6.45, 7) is 20.1.